The molecule has 3 aliphatic rings. The van der Waals surface area contributed by atoms with Crippen LogP contribution in [0, 0.1) is 11.8 Å². The molecule has 4 aromatic rings. The summed E-state index contributed by atoms with van der Waals surface area (Å²) in [6.45, 7) is 0. The van der Waals surface area contributed by atoms with Crippen molar-refractivity contribution >= 4 is 55.8 Å². The van der Waals surface area contributed by atoms with Crippen molar-refractivity contribution in [3.05, 3.63) is 137 Å². The van der Waals surface area contributed by atoms with Gasteiger partial charge in [-0.05, 0) is 29.7 Å². The Labute approximate surface area is 244 Å². The van der Waals surface area contributed by atoms with Crippen LogP contribution in [0.25, 0.3) is 10.8 Å². The van der Waals surface area contributed by atoms with Gasteiger partial charge in [-0.15, -0.1) is 0 Å². The van der Waals surface area contributed by atoms with Gasteiger partial charge in [0.1, 0.15) is 6.04 Å². The van der Waals surface area contributed by atoms with Gasteiger partial charge in [-0.3, -0.25) is 19.2 Å². The molecule has 0 aromatic heterocycles. The summed E-state index contributed by atoms with van der Waals surface area (Å²) < 4.78 is 0.829. The van der Waals surface area contributed by atoms with Gasteiger partial charge < -0.3 is 4.90 Å². The van der Waals surface area contributed by atoms with E-state index in [0.29, 0.717) is 22.4 Å². The first kappa shape index (κ1) is 25.4. The molecule has 0 aliphatic carbocycles. The Morgan fingerprint density at radius 1 is 0.707 bits per heavy atom. The molecule has 41 heavy (non-hydrogen) atoms. The molecule has 3 aliphatic heterocycles. The minimum atomic E-state index is -0.908. The average molecular weight is 603 g/mol. The summed E-state index contributed by atoms with van der Waals surface area (Å²) in [5, 5.41) is 1.69. The second-order valence-electron chi connectivity index (χ2n) is 10.4. The Balaban J connectivity index is 1.34. The van der Waals surface area contributed by atoms with Gasteiger partial charge in [0.2, 0.25) is 11.8 Å². The third-order valence-corrected chi connectivity index (χ3v) is 8.78. The first-order valence-electron chi connectivity index (χ1n) is 13.4. The smallest absolute Gasteiger partial charge is 0.240 e. The number of carbonyl (C=O) groups excluding carboxylic acids is 4. The number of halogens is 1. The fourth-order valence-electron chi connectivity index (χ4n) is 6.38. The highest BCUT2D eigenvalue weighted by atomic mass is 79.9. The molecule has 7 rings (SSSR count). The van der Waals surface area contributed by atoms with Crippen LogP contribution >= 0.6 is 15.9 Å². The van der Waals surface area contributed by atoms with Crippen molar-refractivity contribution in [2.45, 2.75) is 12.1 Å². The van der Waals surface area contributed by atoms with E-state index in [1.807, 2.05) is 42.5 Å². The highest BCUT2D eigenvalue weighted by Gasteiger charge is 2.63. The van der Waals surface area contributed by atoms with E-state index >= 15 is 0 Å². The van der Waals surface area contributed by atoms with Crippen molar-refractivity contribution in [1.29, 1.82) is 0 Å². The minimum absolute atomic E-state index is 0.177. The van der Waals surface area contributed by atoms with E-state index in [1.54, 1.807) is 77.8 Å². The first-order valence-corrected chi connectivity index (χ1v) is 14.2. The quantitative estimate of drug-likeness (QED) is 0.207. The van der Waals surface area contributed by atoms with Crippen molar-refractivity contribution in [3.8, 4) is 0 Å². The van der Waals surface area contributed by atoms with Crippen LogP contribution < -0.4 is 4.90 Å². The van der Waals surface area contributed by atoms with E-state index in [0.717, 1.165) is 15.2 Å². The Kier molecular flexibility index (Phi) is 6.05. The monoisotopic (exact) mass is 602 g/mol. The second kappa shape index (κ2) is 9.78. The summed E-state index contributed by atoms with van der Waals surface area (Å²) in [6.07, 6.45) is 5.12. The van der Waals surface area contributed by atoms with Gasteiger partial charge >= 0.3 is 0 Å². The average Bonchev–Trinajstić information content (AvgIpc) is 3.48. The summed E-state index contributed by atoms with van der Waals surface area (Å²) in [5.74, 6) is -2.92. The molecule has 6 nitrogen and oxygen atoms in total. The van der Waals surface area contributed by atoms with Crippen molar-refractivity contribution in [3.63, 3.8) is 0 Å². The standard InChI is InChI=1S/C34H23BrN2O4/c35-24-15-13-22(14-16-24)32(39)30-29-28(27-19-23(17-18-36(27)30)31(38)21-8-2-1-3-9-21)33(40)37(34(29)41)26-12-6-10-20-7-4-5-11-25(20)26/h1-19,27-30H/t27-,28-,29-,30+/m1/s1. The van der Waals surface area contributed by atoms with Crippen LogP contribution in [0.3, 0.4) is 0 Å². The molecule has 0 unspecified atom stereocenters. The lowest BCUT2D eigenvalue weighted by atomic mass is 9.85. The molecule has 0 saturated carbocycles. The van der Waals surface area contributed by atoms with E-state index in [2.05, 4.69) is 15.9 Å². The largest absolute Gasteiger partial charge is 0.359 e. The van der Waals surface area contributed by atoms with Crippen molar-refractivity contribution < 1.29 is 19.2 Å². The third-order valence-electron chi connectivity index (χ3n) is 8.25. The van der Waals surface area contributed by atoms with E-state index in [-0.39, 0.29) is 17.5 Å². The molecule has 200 valence electrons. The van der Waals surface area contributed by atoms with Crippen LogP contribution in [0.15, 0.2) is 125 Å². The molecule has 0 N–H and O–H groups in total. The van der Waals surface area contributed by atoms with Crippen molar-refractivity contribution in [2.24, 2.45) is 11.8 Å². The molecular weight excluding hydrogens is 580 g/mol. The Hall–Kier alpha value is -4.62. The van der Waals surface area contributed by atoms with Crippen LogP contribution in [-0.4, -0.2) is 40.4 Å². The molecule has 4 atom stereocenters. The number of fused-ring (bicyclic) bond motifs is 4. The summed E-state index contributed by atoms with van der Waals surface area (Å²) in [5.41, 5.74) is 1.91. The maximum atomic E-state index is 14.2. The van der Waals surface area contributed by atoms with Gasteiger partial charge in [-0.25, -0.2) is 4.90 Å². The summed E-state index contributed by atoms with van der Waals surface area (Å²) in [7, 11) is 0. The molecule has 4 aromatic carbocycles. The Bertz CT molecular complexity index is 1810. The summed E-state index contributed by atoms with van der Waals surface area (Å²) in [4.78, 5) is 58.9. The molecule has 3 heterocycles. The number of rotatable bonds is 5. The normalized spacial score (nSPS) is 23.0. The molecule has 7 heteroatoms. The Morgan fingerprint density at radius 3 is 2.17 bits per heavy atom. The third kappa shape index (κ3) is 3.99. The van der Waals surface area contributed by atoms with Gasteiger partial charge in [-0.2, -0.15) is 0 Å². The predicted octanol–water partition coefficient (Wildman–Crippen LogP) is 5.98. The number of ketones is 2. The highest BCUT2D eigenvalue weighted by Crippen LogP contribution is 2.48. The molecule has 0 bridgehead atoms. The predicted molar refractivity (Wildman–Crippen MR) is 159 cm³/mol. The number of nitrogens with zero attached hydrogens (tertiary/aromatic N) is 2. The number of benzene rings is 4. The van der Waals surface area contributed by atoms with Crippen LogP contribution in [0.1, 0.15) is 20.7 Å². The topological polar surface area (TPSA) is 74.8 Å². The lowest BCUT2D eigenvalue weighted by Gasteiger charge is -2.33. The highest BCUT2D eigenvalue weighted by molar-refractivity contribution is 9.10. The zero-order chi connectivity index (χ0) is 28.2. The fraction of sp³-hybridized carbons (Fsp3) is 0.118. The first-order chi connectivity index (χ1) is 19.9. The molecule has 2 saturated heterocycles. The second-order valence-corrected chi connectivity index (χ2v) is 11.4. The lowest BCUT2D eigenvalue weighted by Crippen LogP contribution is -2.46. The van der Waals surface area contributed by atoms with Crippen molar-refractivity contribution in [1.82, 2.24) is 4.90 Å². The van der Waals surface area contributed by atoms with Crippen LogP contribution in [0.2, 0.25) is 0 Å². The summed E-state index contributed by atoms with van der Waals surface area (Å²) >= 11 is 3.41. The van der Waals surface area contributed by atoms with Gasteiger partial charge in [-0.1, -0.05) is 101 Å². The molecule has 2 amide bonds. The number of hydrogen-bond acceptors (Lipinski definition) is 5. The molecule has 2 fully saturated rings. The zero-order valence-electron chi connectivity index (χ0n) is 21.7. The van der Waals surface area contributed by atoms with Gasteiger partial charge in [0, 0.05) is 32.8 Å². The van der Waals surface area contributed by atoms with Gasteiger partial charge in [0.25, 0.3) is 0 Å². The number of Topliss-reactive ketones (excluding diaryl/α,β-unsaturated/α-hetero) is 2. The van der Waals surface area contributed by atoms with E-state index in [9.17, 15) is 19.2 Å². The number of anilines is 1. The maximum Gasteiger partial charge on any atom is 0.240 e. The van der Waals surface area contributed by atoms with Crippen molar-refractivity contribution in [2.75, 3.05) is 4.90 Å². The van der Waals surface area contributed by atoms with Crippen LogP contribution in [0.4, 0.5) is 5.69 Å². The minimum Gasteiger partial charge on any atom is -0.359 e. The number of imide groups is 1. The Morgan fingerprint density at radius 2 is 1.39 bits per heavy atom. The molecular formula is C34H23BrN2O4. The number of allylic oxidation sites excluding steroid dienone is 2. The SMILES string of the molecule is O=C(C1=C[C@@H]2[C@H]3C(=O)N(c4cccc5ccccc45)C(=O)[C@H]3[C@@H](C(=O)c3ccc(Br)cc3)N2C=C1)c1ccccc1. The number of carbonyl (C=O) groups is 4. The van der Waals surface area contributed by atoms with Crippen LogP contribution in [-0.2, 0) is 9.59 Å². The summed E-state index contributed by atoms with van der Waals surface area (Å²) in [6, 6.07) is 27.5. The fourth-order valence-corrected chi connectivity index (χ4v) is 6.64. The maximum absolute atomic E-state index is 14.2. The lowest BCUT2D eigenvalue weighted by molar-refractivity contribution is -0.123. The van der Waals surface area contributed by atoms with Gasteiger partial charge in [0.15, 0.2) is 11.6 Å². The van der Waals surface area contributed by atoms with Crippen LogP contribution in [0.5, 0.6) is 0 Å². The molecule has 0 radical (unpaired) electrons. The zero-order valence-corrected chi connectivity index (χ0v) is 23.3. The number of hydrogen-bond donors (Lipinski definition) is 0. The van der Waals surface area contributed by atoms with Gasteiger partial charge in [0.05, 0.1) is 23.6 Å². The molecule has 0 spiro atoms. The van der Waals surface area contributed by atoms with E-state index in [1.165, 1.54) is 4.90 Å². The number of amides is 2. The van der Waals surface area contributed by atoms with E-state index in [4.69, 9.17) is 0 Å². The van der Waals surface area contributed by atoms with E-state index < -0.39 is 29.8 Å².